The van der Waals surface area contributed by atoms with Gasteiger partial charge < -0.3 is 5.32 Å². The Morgan fingerprint density at radius 3 is 2.27 bits per heavy atom. The Kier molecular flexibility index (Phi) is 4.27. The number of nitrogens with zero attached hydrogens (tertiary/aromatic N) is 2. The molecule has 0 spiro atoms. The first kappa shape index (κ1) is 17.0. The normalized spacial score (nSPS) is 10.5. The number of fused-ring (bicyclic) bond motifs is 1. The van der Waals surface area contributed by atoms with Gasteiger partial charge in [0.15, 0.2) is 0 Å². The number of nitro benzene ring substituents is 2. The molecule has 1 N–H and O–H groups in total. The summed E-state index contributed by atoms with van der Waals surface area (Å²) < 4.78 is 13.9. The summed E-state index contributed by atoms with van der Waals surface area (Å²) in [6, 6.07) is 11.6. The van der Waals surface area contributed by atoms with Gasteiger partial charge in [0.2, 0.25) is 0 Å². The summed E-state index contributed by atoms with van der Waals surface area (Å²) >= 11 is 0. The van der Waals surface area contributed by atoms with Gasteiger partial charge in [-0.15, -0.1) is 0 Å². The Morgan fingerprint density at radius 1 is 0.923 bits per heavy atom. The molecule has 1 amide bonds. The van der Waals surface area contributed by atoms with Gasteiger partial charge in [0.1, 0.15) is 11.5 Å². The highest BCUT2D eigenvalue weighted by Crippen LogP contribution is 2.30. The molecule has 0 atom stereocenters. The minimum atomic E-state index is -0.828. The first-order valence-electron chi connectivity index (χ1n) is 7.30. The van der Waals surface area contributed by atoms with Crippen molar-refractivity contribution in [1.82, 2.24) is 0 Å². The van der Waals surface area contributed by atoms with Crippen molar-refractivity contribution < 1.29 is 19.0 Å². The molecule has 0 unspecified atom stereocenters. The first-order valence-corrected chi connectivity index (χ1v) is 7.30. The molecule has 0 aromatic heterocycles. The number of nitro groups is 2. The Balaban J connectivity index is 2.03. The standard InChI is InChI=1S/C17H10FN3O5/c18-14-7-6-13(11-3-1-2-4-12(11)14)17(22)19-15-8-5-10(20(23)24)9-16(15)21(25)26/h1-9H,(H,19,22). The van der Waals surface area contributed by atoms with Crippen molar-refractivity contribution in [1.29, 1.82) is 0 Å². The molecule has 26 heavy (non-hydrogen) atoms. The van der Waals surface area contributed by atoms with E-state index in [4.69, 9.17) is 0 Å². The predicted octanol–water partition coefficient (Wildman–Crippen LogP) is 4.05. The van der Waals surface area contributed by atoms with Crippen LogP contribution in [0.2, 0.25) is 0 Å². The van der Waals surface area contributed by atoms with Gasteiger partial charge in [-0.05, 0) is 23.6 Å². The van der Waals surface area contributed by atoms with E-state index in [-0.39, 0.29) is 16.6 Å². The molecule has 0 heterocycles. The van der Waals surface area contributed by atoms with Gasteiger partial charge >= 0.3 is 0 Å². The molecule has 0 aliphatic rings. The number of amides is 1. The van der Waals surface area contributed by atoms with E-state index in [1.54, 1.807) is 18.2 Å². The second kappa shape index (κ2) is 6.55. The van der Waals surface area contributed by atoms with E-state index >= 15 is 0 Å². The van der Waals surface area contributed by atoms with Crippen molar-refractivity contribution in [2.45, 2.75) is 0 Å². The Labute approximate surface area is 145 Å². The van der Waals surface area contributed by atoms with Crippen LogP contribution in [0.25, 0.3) is 10.8 Å². The molecule has 0 aliphatic carbocycles. The maximum atomic E-state index is 13.9. The lowest BCUT2D eigenvalue weighted by Gasteiger charge is -2.09. The highest BCUT2D eigenvalue weighted by Gasteiger charge is 2.22. The lowest BCUT2D eigenvalue weighted by Crippen LogP contribution is -2.14. The fraction of sp³-hybridized carbons (Fsp3) is 0. The van der Waals surface area contributed by atoms with Gasteiger partial charge in [0.05, 0.1) is 15.9 Å². The van der Waals surface area contributed by atoms with Gasteiger partial charge in [0.25, 0.3) is 17.3 Å². The molecule has 8 nitrogen and oxygen atoms in total. The largest absolute Gasteiger partial charge is 0.316 e. The third-order valence-electron chi connectivity index (χ3n) is 3.75. The number of anilines is 1. The highest BCUT2D eigenvalue weighted by molar-refractivity contribution is 6.13. The summed E-state index contributed by atoms with van der Waals surface area (Å²) in [5.41, 5.74) is -1.16. The third kappa shape index (κ3) is 3.05. The lowest BCUT2D eigenvalue weighted by molar-refractivity contribution is -0.393. The zero-order valence-corrected chi connectivity index (χ0v) is 13.0. The zero-order valence-electron chi connectivity index (χ0n) is 13.0. The fourth-order valence-corrected chi connectivity index (χ4v) is 2.54. The van der Waals surface area contributed by atoms with E-state index in [0.29, 0.717) is 5.39 Å². The van der Waals surface area contributed by atoms with Crippen molar-refractivity contribution in [3.05, 3.63) is 86.2 Å². The van der Waals surface area contributed by atoms with Crippen molar-refractivity contribution in [2.75, 3.05) is 5.32 Å². The first-order chi connectivity index (χ1) is 12.4. The molecule has 3 rings (SSSR count). The molecule has 130 valence electrons. The second-order valence-electron chi connectivity index (χ2n) is 5.31. The maximum Gasteiger partial charge on any atom is 0.299 e. The Morgan fingerprint density at radius 2 is 1.62 bits per heavy atom. The zero-order chi connectivity index (χ0) is 18.8. The smallest absolute Gasteiger partial charge is 0.299 e. The minimum absolute atomic E-state index is 0.120. The lowest BCUT2D eigenvalue weighted by atomic mass is 10.0. The molecular formula is C17H10FN3O5. The SMILES string of the molecule is O=C(Nc1ccc([N+](=O)[O-])cc1[N+](=O)[O-])c1ccc(F)c2ccccc12. The number of rotatable bonds is 4. The molecule has 0 saturated carbocycles. The van der Waals surface area contributed by atoms with Crippen molar-refractivity contribution in [3.8, 4) is 0 Å². The number of nitrogens with one attached hydrogen (secondary N) is 1. The van der Waals surface area contributed by atoms with Gasteiger partial charge in [-0.25, -0.2) is 4.39 Å². The average molecular weight is 355 g/mol. The predicted molar refractivity (Wildman–Crippen MR) is 91.6 cm³/mol. The van der Waals surface area contributed by atoms with Crippen LogP contribution in [0.3, 0.4) is 0 Å². The molecular weight excluding hydrogens is 345 g/mol. The van der Waals surface area contributed by atoms with Crippen molar-refractivity contribution in [2.24, 2.45) is 0 Å². The average Bonchev–Trinajstić information content (AvgIpc) is 2.62. The highest BCUT2D eigenvalue weighted by atomic mass is 19.1. The number of benzene rings is 3. The van der Waals surface area contributed by atoms with Crippen LogP contribution in [-0.2, 0) is 0 Å². The van der Waals surface area contributed by atoms with Crippen LogP contribution >= 0.6 is 0 Å². The van der Waals surface area contributed by atoms with E-state index in [2.05, 4.69) is 5.32 Å². The van der Waals surface area contributed by atoms with Crippen LogP contribution in [0.1, 0.15) is 10.4 Å². The van der Waals surface area contributed by atoms with Gasteiger partial charge in [-0.2, -0.15) is 0 Å². The second-order valence-corrected chi connectivity index (χ2v) is 5.31. The number of hydrogen-bond donors (Lipinski definition) is 1. The van der Waals surface area contributed by atoms with Crippen molar-refractivity contribution >= 4 is 33.7 Å². The minimum Gasteiger partial charge on any atom is -0.316 e. The molecule has 3 aromatic carbocycles. The van der Waals surface area contributed by atoms with Gasteiger partial charge in [-0.3, -0.25) is 25.0 Å². The quantitative estimate of drug-likeness (QED) is 0.560. The number of non-ortho nitro benzene ring substituents is 1. The van der Waals surface area contributed by atoms with E-state index in [1.165, 1.54) is 12.1 Å². The van der Waals surface area contributed by atoms with Crippen LogP contribution in [0.15, 0.2) is 54.6 Å². The molecule has 3 aromatic rings. The third-order valence-corrected chi connectivity index (χ3v) is 3.75. The molecule has 0 radical (unpaired) electrons. The molecule has 0 aliphatic heterocycles. The van der Waals surface area contributed by atoms with Crippen LogP contribution in [0.4, 0.5) is 21.5 Å². The number of halogens is 1. The van der Waals surface area contributed by atoms with Gasteiger partial charge in [0, 0.05) is 17.0 Å². The number of hydrogen-bond acceptors (Lipinski definition) is 5. The Bertz CT molecular complexity index is 1070. The summed E-state index contributed by atoms with van der Waals surface area (Å²) in [4.78, 5) is 32.9. The molecule has 0 bridgehead atoms. The van der Waals surface area contributed by atoms with E-state index in [0.717, 1.165) is 24.3 Å². The molecule has 0 fully saturated rings. The van der Waals surface area contributed by atoms with E-state index < -0.39 is 32.9 Å². The summed E-state index contributed by atoms with van der Waals surface area (Å²) in [6.45, 7) is 0. The monoisotopic (exact) mass is 355 g/mol. The number of carbonyl (C=O) groups is 1. The van der Waals surface area contributed by atoms with Crippen LogP contribution in [0.5, 0.6) is 0 Å². The topological polar surface area (TPSA) is 115 Å². The van der Waals surface area contributed by atoms with Crippen LogP contribution in [0, 0.1) is 26.0 Å². The number of carbonyl (C=O) groups excluding carboxylic acids is 1. The van der Waals surface area contributed by atoms with Crippen LogP contribution in [-0.4, -0.2) is 15.8 Å². The molecule has 9 heteroatoms. The van der Waals surface area contributed by atoms with Crippen LogP contribution < -0.4 is 5.32 Å². The Hall–Kier alpha value is -3.88. The summed E-state index contributed by atoms with van der Waals surface area (Å²) in [5, 5.41) is 24.9. The fourth-order valence-electron chi connectivity index (χ4n) is 2.54. The van der Waals surface area contributed by atoms with Gasteiger partial charge in [-0.1, -0.05) is 24.3 Å². The van der Waals surface area contributed by atoms with E-state index in [1.807, 2.05) is 0 Å². The maximum absolute atomic E-state index is 13.9. The van der Waals surface area contributed by atoms with Crippen molar-refractivity contribution in [3.63, 3.8) is 0 Å². The summed E-state index contributed by atoms with van der Waals surface area (Å²) in [6.07, 6.45) is 0. The summed E-state index contributed by atoms with van der Waals surface area (Å²) in [7, 11) is 0. The molecule has 0 saturated heterocycles. The summed E-state index contributed by atoms with van der Waals surface area (Å²) in [5.74, 6) is -1.20. The van der Waals surface area contributed by atoms with E-state index in [9.17, 15) is 29.4 Å².